The van der Waals surface area contributed by atoms with Crippen LogP contribution in [0.2, 0.25) is 0 Å². The van der Waals surface area contributed by atoms with E-state index in [0.29, 0.717) is 12.2 Å². The van der Waals surface area contributed by atoms with Gasteiger partial charge in [0.05, 0.1) is 13.2 Å². The number of hydrogen-bond donors (Lipinski definition) is 4. The molecule has 0 aromatic carbocycles. The fourth-order valence-corrected chi connectivity index (χ4v) is 0.143. The van der Waals surface area contributed by atoms with Crippen molar-refractivity contribution in [2.24, 2.45) is 0 Å². The van der Waals surface area contributed by atoms with Crippen LogP contribution in [-0.2, 0) is 20.0 Å². The van der Waals surface area contributed by atoms with Crippen molar-refractivity contribution in [3.63, 3.8) is 0 Å². The summed E-state index contributed by atoms with van der Waals surface area (Å²) in [6.07, 6.45) is 1.12. The molecular weight excluding hydrogens is 310 g/mol. The quantitative estimate of drug-likeness (QED) is 0.168. The van der Waals surface area contributed by atoms with Crippen molar-refractivity contribution < 1.29 is 107 Å². The van der Waals surface area contributed by atoms with E-state index in [9.17, 15) is 9.59 Å². The Morgan fingerprint density at radius 2 is 1.05 bits per heavy atom. The Kier molecular flexibility index (Phi) is 34.7. The van der Waals surface area contributed by atoms with Crippen LogP contribution in [0.25, 0.3) is 0 Å². The number of hydrogen-bond acceptors (Lipinski definition) is 8. The van der Waals surface area contributed by atoms with E-state index in [4.69, 9.17) is 37.9 Å². The first-order valence-electron chi connectivity index (χ1n) is 3.57. The third-order valence-electron chi connectivity index (χ3n) is 0.468. The maximum atomic E-state index is 9.55. The molecule has 0 bridgehead atoms. The SMILES string of the molecule is O=C(O)/C=C/C(=O)O.O=S(=O)([O-])[O-].OCCO.[Na+].[Na+]. The second-order valence-corrected chi connectivity index (χ2v) is 2.68. The molecule has 0 unspecified atom stereocenters. The Balaban J connectivity index is -0.0000000524. The molecule has 4 N–H and O–H groups in total. The minimum Gasteiger partial charge on any atom is -0.759 e. The average molecular weight is 320 g/mol. The molecule has 0 saturated carbocycles. The summed E-state index contributed by atoms with van der Waals surface area (Å²) in [7, 11) is -5.17. The minimum atomic E-state index is -5.17. The Morgan fingerprint density at radius 1 is 0.895 bits per heavy atom. The van der Waals surface area contributed by atoms with Gasteiger partial charge >= 0.3 is 71.1 Å². The van der Waals surface area contributed by atoms with Crippen molar-refractivity contribution in [1.29, 1.82) is 0 Å². The van der Waals surface area contributed by atoms with Gasteiger partial charge in [-0.2, -0.15) is 0 Å². The van der Waals surface area contributed by atoms with Crippen LogP contribution in [0.4, 0.5) is 0 Å². The van der Waals surface area contributed by atoms with E-state index in [0.717, 1.165) is 0 Å². The summed E-state index contributed by atoms with van der Waals surface area (Å²) >= 11 is 0. The molecule has 0 atom stereocenters. The summed E-state index contributed by atoms with van der Waals surface area (Å²) in [6, 6.07) is 0. The summed E-state index contributed by atoms with van der Waals surface area (Å²) in [5.74, 6) is -2.51. The number of rotatable bonds is 3. The van der Waals surface area contributed by atoms with Gasteiger partial charge < -0.3 is 29.5 Å². The zero-order valence-electron chi connectivity index (χ0n) is 10.2. The summed E-state index contributed by atoms with van der Waals surface area (Å²) in [5, 5.41) is 30.9. The first kappa shape index (κ1) is 31.7. The van der Waals surface area contributed by atoms with Crippen molar-refractivity contribution >= 4 is 22.3 Å². The molecule has 0 heterocycles. The summed E-state index contributed by atoms with van der Waals surface area (Å²) in [4.78, 5) is 19.1. The van der Waals surface area contributed by atoms with Crippen LogP contribution >= 0.6 is 0 Å². The maximum absolute atomic E-state index is 9.55. The Labute approximate surface area is 153 Å². The summed E-state index contributed by atoms with van der Waals surface area (Å²) < 4.78 is 34.1. The third-order valence-corrected chi connectivity index (χ3v) is 0.468. The molecule has 0 aromatic heterocycles. The monoisotopic (exact) mass is 320 g/mol. The van der Waals surface area contributed by atoms with E-state index in [1.807, 2.05) is 0 Å². The van der Waals surface area contributed by atoms with E-state index >= 15 is 0 Å². The molecule has 0 fully saturated rings. The Hall–Kier alpha value is 0.470. The molecule has 0 rings (SSSR count). The molecule has 0 amide bonds. The largest absolute Gasteiger partial charge is 1.00 e. The van der Waals surface area contributed by atoms with E-state index in [1.165, 1.54) is 0 Å². The van der Waals surface area contributed by atoms with Gasteiger partial charge in [-0.15, -0.1) is 0 Å². The molecule has 102 valence electrons. The first-order valence-corrected chi connectivity index (χ1v) is 4.90. The Bertz CT molecular complexity index is 312. The van der Waals surface area contributed by atoms with Gasteiger partial charge in [-0.25, -0.2) is 9.59 Å². The summed E-state index contributed by atoms with van der Waals surface area (Å²) in [6.45, 7) is -0.250. The van der Waals surface area contributed by atoms with Crippen molar-refractivity contribution in [2.75, 3.05) is 13.2 Å². The van der Waals surface area contributed by atoms with Gasteiger partial charge in [0.2, 0.25) is 0 Å². The normalized spacial score (nSPS) is 8.63. The average Bonchev–Trinajstić information content (AvgIpc) is 2.12. The minimum absolute atomic E-state index is 0. The number of aliphatic hydroxyl groups is 2. The molecule has 0 aliphatic rings. The smallest absolute Gasteiger partial charge is 0.759 e. The second-order valence-electron chi connectivity index (χ2n) is 1.87. The molecule has 0 aliphatic carbocycles. The van der Waals surface area contributed by atoms with Gasteiger partial charge in [0.15, 0.2) is 0 Å². The van der Waals surface area contributed by atoms with Crippen molar-refractivity contribution in [2.45, 2.75) is 0 Å². The van der Waals surface area contributed by atoms with E-state index in [2.05, 4.69) is 0 Å². The first-order chi connectivity index (χ1) is 7.54. The number of carboxylic acid groups (broad SMARTS) is 2. The van der Waals surface area contributed by atoms with Gasteiger partial charge in [-0.3, -0.25) is 8.42 Å². The van der Waals surface area contributed by atoms with Crippen LogP contribution in [0.3, 0.4) is 0 Å². The molecule has 10 nitrogen and oxygen atoms in total. The fourth-order valence-electron chi connectivity index (χ4n) is 0.143. The Morgan fingerprint density at radius 3 is 1.11 bits per heavy atom. The van der Waals surface area contributed by atoms with Crippen molar-refractivity contribution in [3.05, 3.63) is 12.2 Å². The number of carbonyl (C=O) groups is 2. The van der Waals surface area contributed by atoms with Crippen LogP contribution in [0.5, 0.6) is 0 Å². The summed E-state index contributed by atoms with van der Waals surface area (Å²) in [5.41, 5.74) is 0. The topological polar surface area (TPSA) is 195 Å². The van der Waals surface area contributed by atoms with E-state index < -0.39 is 22.3 Å². The molecular formula is C6H10Na2O10S. The standard InChI is InChI=1S/C4H4O4.C2H6O2.2Na.H2O4S/c5-3(6)1-2-4(7)8;3-1-2-4;;;1-5(2,3)4/h1-2H,(H,5,6)(H,7,8);3-4H,1-2H2;;;(H2,1,2,3,4)/q;;2*+1;/p-2/b2-1+;;;;. The van der Waals surface area contributed by atoms with Gasteiger partial charge in [0.25, 0.3) is 0 Å². The predicted octanol–water partition coefficient (Wildman–Crippen LogP) is -8.65. The van der Waals surface area contributed by atoms with Gasteiger partial charge in [0.1, 0.15) is 0 Å². The van der Waals surface area contributed by atoms with Gasteiger partial charge in [0, 0.05) is 22.6 Å². The molecule has 0 saturated heterocycles. The number of aliphatic carboxylic acids is 2. The van der Waals surface area contributed by atoms with E-state index in [-0.39, 0.29) is 72.3 Å². The molecule has 0 spiro atoms. The van der Waals surface area contributed by atoms with Crippen molar-refractivity contribution in [3.8, 4) is 0 Å². The van der Waals surface area contributed by atoms with Crippen LogP contribution in [-0.4, -0.2) is 63.1 Å². The molecule has 0 radical (unpaired) electrons. The fraction of sp³-hybridized carbons (Fsp3) is 0.333. The zero-order valence-corrected chi connectivity index (χ0v) is 15.0. The molecule has 0 aromatic rings. The van der Waals surface area contributed by atoms with Gasteiger partial charge in [-0.1, -0.05) is 0 Å². The van der Waals surface area contributed by atoms with Crippen LogP contribution in [0.15, 0.2) is 12.2 Å². The van der Waals surface area contributed by atoms with Crippen LogP contribution in [0, 0.1) is 0 Å². The number of carboxylic acids is 2. The second kappa shape index (κ2) is 20.8. The predicted molar refractivity (Wildman–Crippen MR) is 49.1 cm³/mol. The van der Waals surface area contributed by atoms with E-state index in [1.54, 1.807) is 0 Å². The van der Waals surface area contributed by atoms with Crippen molar-refractivity contribution in [1.82, 2.24) is 0 Å². The molecule has 13 heteroatoms. The van der Waals surface area contributed by atoms with Crippen LogP contribution in [0.1, 0.15) is 0 Å². The molecule has 0 aliphatic heterocycles. The van der Waals surface area contributed by atoms with Gasteiger partial charge in [-0.05, 0) is 0 Å². The van der Waals surface area contributed by atoms with Crippen LogP contribution < -0.4 is 59.1 Å². The maximum Gasteiger partial charge on any atom is 1.00 e. The zero-order chi connectivity index (χ0) is 14.5. The number of aliphatic hydroxyl groups excluding tert-OH is 2. The third kappa shape index (κ3) is 120. The molecule has 19 heavy (non-hydrogen) atoms.